The summed E-state index contributed by atoms with van der Waals surface area (Å²) in [5.74, 6) is 0.235. The smallest absolute Gasteiger partial charge is 0.416 e. The molecule has 1 aliphatic rings. The first-order valence-corrected chi connectivity index (χ1v) is 7.23. The van der Waals surface area contributed by atoms with Gasteiger partial charge in [-0.1, -0.05) is 18.2 Å². The number of nitrogens with zero attached hydrogens (tertiary/aromatic N) is 1. The molecule has 126 valence electrons. The third kappa shape index (κ3) is 2.71. The Balaban J connectivity index is 1.95. The van der Waals surface area contributed by atoms with Crippen LogP contribution in [0, 0.1) is 0 Å². The zero-order chi connectivity index (χ0) is 17.5. The second-order valence-electron chi connectivity index (χ2n) is 5.50. The van der Waals surface area contributed by atoms with Crippen molar-refractivity contribution in [3.63, 3.8) is 0 Å². The summed E-state index contributed by atoms with van der Waals surface area (Å²) in [5.41, 5.74) is 5.99. The highest BCUT2D eigenvalue weighted by Gasteiger charge is 2.47. The average Bonchev–Trinajstić information content (AvgIpc) is 2.58. The Hall–Kier alpha value is -2.54. The number of rotatable bonds is 3. The van der Waals surface area contributed by atoms with Crippen LogP contribution in [-0.2, 0) is 11.0 Å². The maximum Gasteiger partial charge on any atom is 0.416 e. The number of benzene rings is 2. The molecule has 1 fully saturated rings. The van der Waals surface area contributed by atoms with Gasteiger partial charge in [-0.15, -0.1) is 0 Å². The molecule has 1 amide bonds. The molecule has 24 heavy (non-hydrogen) atoms. The third-order valence-electron chi connectivity index (χ3n) is 4.05. The van der Waals surface area contributed by atoms with E-state index in [0.717, 1.165) is 17.7 Å². The lowest BCUT2D eigenvalue weighted by molar-refractivity contribution is -0.137. The zero-order valence-electron chi connectivity index (χ0n) is 12.7. The van der Waals surface area contributed by atoms with Crippen LogP contribution in [0.15, 0.2) is 48.5 Å². The van der Waals surface area contributed by atoms with Crippen molar-refractivity contribution in [1.29, 1.82) is 0 Å². The summed E-state index contributed by atoms with van der Waals surface area (Å²) >= 11 is 0. The summed E-state index contributed by atoms with van der Waals surface area (Å²) in [6, 6.07) is 10.3. The first kappa shape index (κ1) is 16.3. The number of methoxy groups -OCH3 is 1. The monoisotopic (exact) mass is 336 g/mol. The van der Waals surface area contributed by atoms with Crippen LogP contribution in [-0.4, -0.2) is 19.1 Å². The van der Waals surface area contributed by atoms with Crippen LogP contribution in [0.3, 0.4) is 0 Å². The standard InChI is InChI=1S/C17H15F3N2O2/c1-24-13-7-5-10(6-8-13)15-14(21)16(23)22(15)12-4-2-3-11(9-12)17(18,19)20/h2-9,14-15H,21H2,1H3. The largest absolute Gasteiger partial charge is 0.497 e. The molecule has 1 saturated heterocycles. The maximum absolute atomic E-state index is 12.9. The Morgan fingerprint density at radius 3 is 2.38 bits per heavy atom. The quantitative estimate of drug-likeness (QED) is 0.876. The van der Waals surface area contributed by atoms with Crippen LogP contribution in [0.4, 0.5) is 18.9 Å². The minimum absolute atomic E-state index is 0.178. The van der Waals surface area contributed by atoms with Gasteiger partial charge in [-0.3, -0.25) is 4.79 Å². The minimum Gasteiger partial charge on any atom is -0.497 e. The normalized spacial score (nSPS) is 20.7. The van der Waals surface area contributed by atoms with E-state index < -0.39 is 29.7 Å². The topological polar surface area (TPSA) is 55.6 Å². The van der Waals surface area contributed by atoms with Gasteiger partial charge < -0.3 is 15.4 Å². The fraction of sp³-hybridized carbons (Fsp3) is 0.235. The summed E-state index contributed by atoms with van der Waals surface area (Å²) < 4.78 is 43.7. The van der Waals surface area contributed by atoms with Gasteiger partial charge in [0.15, 0.2) is 0 Å². The number of halogens is 3. The predicted octanol–water partition coefficient (Wildman–Crippen LogP) is 3.13. The van der Waals surface area contributed by atoms with Crippen molar-refractivity contribution in [3.8, 4) is 5.75 Å². The number of carbonyl (C=O) groups excluding carboxylic acids is 1. The molecule has 1 aliphatic heterocycles. The number of ether oxygens (including phenoxy) is 1. The van der Waals surface area contributed by atoms with Crippen LogP contribution < -0.4 is 15.4 Å². The molecular formula is C17H15F3N2O2. The van der Waals surface area contributed by atoms with Crippen LogP contribution in [0.2, 0.25) is 0 Å². The molecule has 1 heterocycles. The number of hydrogen-bond donors (Lipinski definition) is 1. The second-order valence-corrected chi connectivity index (χ2v) is 5.50. The number of amides is 1. The van der Waals surface area contributed by atoms with E-state index in [1.165, 1.54) is 24.1 Å². The molecule has 0 saturated carbocycles. The Kier molecular flexibility index (Phi) is 3.96. The molecule has 4 nitrogen and oxygen atoms in total. The van der Waals surface area contributed by atoms with Gasteiger partial charge in [0, 0.05) is 5.69 Å². The van der Waals surface area contributed by atoms with Gasteiger partial charge in [0.05, 0.1) is 18.7 Å². The molecule has 0 spiro atoms. The Labute approximate surface area is 136 Å². The Morgan fingerprint density at radius 1 is 1.12 bits per heavy atom. The Morgan fingerprint density at radius 2 is 1.79 bits per heavy atom. The van der Waals surface area contributed by atoms with Gasteiger partial charge in [-0.2, -0.15) is 13.2 Å². The molecule has 2 aromatic rings. The molecule has 7 heteroatoms. The number of hydrogen-bond acceptors (Lipinski definition) is 3. The van der Waals surface area contributed by atoms with E-state index in [0.29, 0.717) is 5.75 Å². The van der Waals surface area contributed by atoms with Crippen LogP contribution in [0.25, 0.3) is 0 Å². The molecule has 0 bridgehead atoms. The zero-order valence-corrected chi connectivity index (χ0v) is 12.7. The molecule has 2 atom stereocenters. The highest BCUT2D eigenvalue weighted by Crippen LogP contribution is 2.40. The van der Waals surface area contributed by atoms with E-state index in [9.17, 15) is 18.0 Å². The lowest BCUT2D eigenvalue weighted by Gasteiger charge is -2.45. The maximum atomic E-state index is 12.9. The van der Waals surface area contributed by atoms with E-state index in [1.807, 2.05) is 0 Å². The van der Waals surface area contributed by atoms with Gasteiger partial charge in [0.25, 0.3) is 0 Å². The van der Waals surface area contributed by atoms with Crippen molar-refractivity contribution >= 4 is 11.6 Å². The summed E-state index contributed by atoms with van der Waals surface area (Å²) in [6.07, 6.45) is -4.47. The summed E-state index contributed by atoms with van der Waals surface area (Å²) in [4.78, 5) is 13.4. The molecule has 2 N–H and O–H groups in total. The number of carbonyl (C=O) groups is 1. The molecule has 0 aromatic heterocycles. The molecule has 3 rings (SSSR count). The van der Waals surface area contributed by atoms with E-state index >= 15 is 0 Å². The second kappa shape index (κ2) is 5.83. The molecule has 2 aromatic carbocycles. The van der Waals surface area contributed by atoms with Gasteiger partial charge in [-0.25, -0.2) is 0 Å². The van der Waals surface area contributed by atoms with Crippen LogP contribution >= 0.6 is 0 Å². The van der Waals surface area contributed by atoms with E-state index in [1.54, 1.807) is 24.3 Å². The van der Waals surface area contributed by atoms with Crippen LogP contribution in [0.1, 0.15) is 17.2 Å². The van der Waals surface area contributed by atoms with Crippen molar-refractivity contribution < 1.29 is 22.7 Å². The fourth-order valence-corrected chi connectivity index (χ4v) is 2.79. The predicted molar refractivity (Wildman–Crippen MR) is 82.6 cm³/mol. The highest BCUT2D eigenvalue weighted by atomic mass is 19.4. The highest BCUT2D eigenvalue weighted by molar-refractivity contribution is 6.05. The van der Waals surface area contributed by atoms with E-state index in [2.05, 4.69) is 0 Å². The molecule has 0 aliphatic carbocycles. The van der Waals surface area contributed by atoms with Crippen molar-refractivity contribution in [2.24, 2.45) is 5.73 Å². The van der Waals surface area contributed by atoms with Gasteiger partial charge >= 0.3 is 6.18 Å². The lowest BCUT2D eigenvalue weighted by Crippen LogP contribution is -2.63. The fourth-order valence-electron chi connectivity index (χ4n) is 2.79. The molecule has 0 radical (unpaired) electrons. The SMILES string of the molecule is COc1ccc(C2C(N)C(=O)N2c2cccc(C(F)(F)F)c2)cc1. The average molecular weight is 336 g/mol. The number of anilines is 1. The van der Waals surface area contributed by atoms with Gasteiger partial charge in [0.2, 0.25) is 5.91 Å². The molecule has 2 unspecified atom stereocenters. The third-order valence-corrected chi connectivity index (χ3v) is 4.05. The number of alkyl halides is 3. The summed E-state index contributed by atoms with van der Waals surface area (Å²) in [7, 11) is 1.53. The summed E-state index contributed by atoms with van der Waals surface area (Å²) in [6.45, 7) is 0. The van der Waals surface area contributed by atoms with Crippen molar-refractivity contribution in [2.75, 3.05) is 12.0 Å². The first-order valence-electron chi connectivity index (χ1n) is 7.23. The van der Waals surface area contributed by atoms with E-state index in [-0.39, 0.29) is 5.69 Å². The molecular weight excluding hydrogens is 321 g/mol. The van der Waals surface area contributed by atoms with Crippen molar-refractivity contribution in [2.45, 2.75) is 18.3 Å². The van der Waals surface area contributed by atoms with Crippen molar-refractivity contribution in [1.82, 2.24) is 0 Å². The first-order chi connectivity index (χ1) is 11.3. The van der Waals surface area contributed by atoms with Gasteiger partial charge in [0.1, 0.15) is 11.8 Å². The Bertz CT molecular complexity index is 759. The van der Waals surface area contributed by atoms with Gasteiger partial charge in [-0.05, 0) is 35.9 Å². The van der Waals surface area contributed by atoms with E-state index in [4.69, 9.17) is 10.5 Å². The van der Waals surface area contributed by atoms with Crippen LogP contribution in [0.5, 0.6) is 5.75 Å². The minimum atomic E-state index is -4.47. The lowest BCUT2D eigenvalue weighted by atomic mass is 9.88. The number of β-lactam (4-membered cyclic amide) rings is 1. The number of nitrogens with two attached hydrogens (primary N) is 1. The van der Waals surface area contributed by atoms with Crippen molar-refractivity contribution in [3.05, 3.63) is 59.7 Å². The summed E-state index contributed by atoms with van der Waals surface area (Å²) in [5, 5.41) is 0.